The Hall–Kier alpha value is -2.56. The van der Waals surface area contributed by atoms with Gasteiger partial charge in [0.2, 0.25) is 5.78 Å². The number of Topliss-reactive ketones (excluding diaryl/α,β-unsaturated/α-hetero) is 1. The molecule has 5 nitrogen and oxygen atoms in total. The molecule has 25 heavy (non-hydrogen) atoms. The third-order valence-electron chi connectivity index (χ3n) is 4.28. The summed E-state index contributed by atoms with van der Waals surface area (Å²) in [4.78, 5) is 28.0. The molecule has 1 atom stereocenters. The molecule has 0 saturated carbocycles. The first-order valence-electron chi connectivity index (χ1n) is 8.64. The number of aryl methyl sites for hydroxylation is 2. The molecule has 0 aliphatic rings. The molecular weight excluding hydrogens is 316 g/mol. The Labute approximate surface area is 148 Å². The number of aromatic nitrogens is 1. The second-order valence-corrected chi connectivity index (χ2v) is 6.13. The monoisotopic (exact) mass is 342 g/mol. The Bertz CT molecular complexity index is 777. The molecular formula is C20H26N2O3. The molecule has 0 bridgehead atoms. The van der Waals surface area contributed by atoms with Crippen LogP contribution in [-0.2, 0) is 11.2 Å². The number of esters is 1. The van der Waals surface area contributed by atoms with Crippen LogP contribution in [0.3, 0.4) is 0 Å². The summed E-state index contributed by atoms with van der Waals surface area (Å²) in [5.74, 6) is -0.484. The van der Waals surface area contributed by atoms with Crippen molar-refractivity contribution in [2.45, 2.75) is 47.1 Å². The normalized spacial score (nSPS) is 11.9. The van der Waals surface area contributed by atoms with Crippen LogP contribution in [0.25, 0.3) is 0 Å². The van der Waals surface area contributed by atoms with Crippen molar-refractivity contribution in [3.63, 3.8) is 0 Å². The fourth-order valence-corrected chi connectivity index (χ4v) is 2.92. The lowest BCUT2D eigenvalue weighted by atomic mass is 10.0. The van der Waals surface area contributed by atoms with Crippen LogP contribution in [0.2, 0.25) is 0 Å². The number of nitrogens with one attached hydrogen (secondary N) is 2. The first-order chi connectivity index (χ1) is 11.9. The molecule has 0 amide bonds. The van der Waals surface area contributed by atoms with E-state index in [4.69, 9.17) is 4.74 Å². The summed E-state index contributed by atoms with van der Waals surface area (Å²) in [6, 6.07) is 7.60. The van der Waals surface area contributed by atoms with Crippen LogP contribution in [-0.4, -0.2) is 29.4 Å². The Morgan fingerprint density at radius 1 is 1.24 bits per heavy atom. The van der Waals surface area contributed by atoms with Crippen LogP contribution in [0.1, 0.15) is 58.4 Å². The molecule has 0 spiro atoms. The number of ketones is 1. The molecule has 2 N–H and O–H groups in total. The first-order valence-corrected chi connectivity index (χ1v) is 8.64. The zero-order valence-electron chi connectivity index (χ0n) is 15.5. The summed E-state index contributed by atoms with van der Waals surface area (Å²) in [7, 11) is 0. The van der Waals surface area contributed by atoms with Crippen molar-refractivity contribution >= 4 is 17.4 Å². The van der Waals surface area contributed by atoms with Gasteiger partial charge < -0.3 is 15.0 Å². The van der Waals surface area contributed by atoms with Gasteiger partial charge in [0.15, 0.2) is 0 Å². The van der Waals surface area contributed by atoms with Crippen LogP contribution in [0, 0.1) is 13.8 Å². The minimum absolute atomic E-state index is 0.0851. The number of anilines is 1. The molecule has 2 aromatic rings. The molecule has 5 heteroatoms. The van der Waals surface area contributed by atoms with Gasteiger partial charge in [0.05, 0.1) is 23.9 Å². The number of hydrogen-bond donors (Lipinski definition) is 2. The van der Waals surface area contributed by atoms with E-state index in [2.05, 4.69) is 23.3 Å². The molecule has 2 rings (SSSR count). The van der Waals surface area contributed by atoms with E-state index in [0.717, 1.165) is 12.1 Å². The van der Waals surface area contributed by atoms with Crippen LogP contribution < -0.4 is 5.32 Å². The van der Waals surface area contributed by atoms with Gasteiger partial charge in [-0.25, -0.2) is 4.79 Å². The van der Waals surface area contributed by atoms with E-state index >= 15 is 0 Å². The van der Waals surface area contributed by atoms with Gasteiger partial charge in [0.1, 0.15) is 0 Å². The minimum atomic E-state index is -0.418. The Morgan fingerprint density at radius 3 is 2.60 bits per heavy atom. The number of ether oxygens (including phenoxy) is 1. The van der Waals surface area contributed by atoms with Gasteiger partial charge in [0.25, 0.3) is 0 Å². The maximum absolute atomic E-state index is 12.8. The number of rotatable bonds is 7. The van der Waals surface area contributed by atoms with Crippen LogP contribution in [0.5, 0.6) is 0 Å². The van der Waals surface area contributed by atoms with E-state index in [1.165, 1.54) is 5.56 Å². The van der Waals surface area contributed by atoms with E-state index < -0.39 is 12.0 Å². The summed E-state index contributed by atoms with van der Waals surface area (Å²) >= 11 is 0. The van der Waals surface area contributed by atoms with Gasteiger partial charge in [-0.2, -0.15) is 0 Å². The van der Waals surface area contributed by atoms with Gasteiger partial charge in [0, 0.05) is 11.4 Å². The predicted octanol–water partition coefficient (Wildman–Crippen LogP) is 4.05. The summed E-state index contributed by atoms with van der Waals surface area (Å²) in [5, 5.41) is 3.24. The maximum atomic E-state index is 12.8. The number of aromatic amines is 1. The van der Waals surface area contributed by atoms with Crippen molar-refractivity contribution in [3.8, 4) is 0 Å². The molecule has 0 saturated heterocycles. The molecule has 134 valence electrons. The minimum Gasteiger partial charge on any atom is -0.462 e. The number of hydrogen-bond acceptors (Lipinski definition) is 4. The van der Waals surface area contributed by atoms with E-state index in [1.807, 2.05) is 25.1 Å². The largest absolute Gasteiger partial charge is 0.462 e. The molecule has 0 aliphatic heterocycles. The van der Waals surface area contributed by atoms with Crippen molar-refractivity contribution < 1.29 is 14.3 Å². The van der Waals surface area contributed by atoms with Gasteiger partial charge in [-0.1, -0.05) is 19.1 Å². The number of benzene rings is 1. The third-order valence-corrected chi connectivity index (χ3v) is 4.28. The average molecular weight is 342 g/mol. The van der Waals surface area contributed by atoms with Gasteiger partial charge >= 0.3 is 5.97 Å². The van der Waals surface area contributed by atoms with E-state index in [-0.39, 0.29) is 5.78 Å². The first kappa shape index (κ1) is 18.8. The van der Waals surface area contributed by atoms with Crippen LogP contribution in [0.4, 0.5) is 5.69 Å². The smallest absolute Gasteiger partial charge is 0.340 e. The number of H-pyrrole nitrogens is 1. The zero-order valence-corrected chi connectivity index (χ0v) is 15.5. The van der Waals surface area contributed by atoms with E-state index in [0.29, 0.717) is 29.1 Å². The Balaban J connectivity index is 2.22. The van der Waals surface area contributed by atoms with Gasteiger partial charge in [-0.05, 0) is 57.4 Å². The zero-order chi connectivity index (χ0) is 18.6. The fourth-order valence-electron chi connectivity index (χ4n) is 2.92. The highest BCUT2D eigenvalue weighted by Gasteiger charge is 2.25. The number of carbonyl (C=O) groups excluding carboxylic acids is 2. The predicted molar refractivity (Wildman–Crippen MR) is 99.5 cm³/mol. The lowest BCUT2D eigenvalue weighted by molar-refractivity contribution is 0.0525. The molecule has 0 unspecified atom stereocenters. The number of carbonyl (C=O) groups is 2. The lowest BCUT2D eigenvalue weighted by Crippen LogP contribution is -2.27. The summed E-state index contributed by atoms with van der Waals surface area (Å²) < 4.78 is 5.08. The topological polar surface area (TPSA) is 71.2 Å². The van der Waals surface area contributed by atoms with Crippen LogP contribution in [0.15, 0.2) is 24.3 Å². The Kier molecular flexibility index (Phi) is 6.02. The average Bonchev–Trinajstić information content (AvgIpc) is 2.89. The molecule has 1 aromatic carbocycles. The summed E-state index contributed by atoms with van der Waals surface area (Å²) in [6.45, 7) is 9.53. The quantitative estimate of drug-likeness (QED) is 0.588. The standard InChI is InChI=1S/C20H26N2O3/c1-6-15-9-8-10-16(11-15)21-14(5)19(23)18-12(3)17(13(4)22-18)20(24)25-7-2/h8-11,14,21-22H,6-7H2,1-5H3/t14-/m0/s1. The van der Waals surface area contributed by atoms with Crippen molar-refractivity contribution in [1.82, 2.24) is 4.98 Å². The Morgan fingerprint density at radius 2 is 1.96 bits per heavy atom. The van der Waals surface area contributed by atoms with Crippen molar-refractivity contribution in [1.29, 1.82) is 0 Å². The highest BCUT2D eigenvalue weighted by atomic mass is 16.5. The van der Waals surface area contributed by atoms with Gasteiger partial charge in [-0.3, -0.25) is 4.79 Å². The highest BCUT2D eigenvalue weighted by molar-refractivity contribution is 6.04. The van der Waals surface area contributed by atoms with Crippen molar-refractivity contribution in [3.05, 3.63) is 52.3 Å². The molecule has 0 radical (unpaired) electrons. The summed E-state index contributed by atoms with van der Waals surface area (Å²) in [5.41, 5.74) is 4.31. The SMILES string of the molecule is CCOC(=O)c1c(C)[nH]c(C(=O)[C@H](C)Nc2cccc(CC)c2)c1C. The van der Waals surface area contributed by atoms with Gasteiger partial charge in [-0.15, -0.1) is 0 Å². The molecule has 0 fully saturated rings. The lowest BCUT2D eigenvalue weighted by Gasteiger charge is -2.15. The van der Waals surface area contributed by atoms with E-state index in [1.54, 1.807) is 20.8 Å². The van der Waals surface area contributed by atoms with Crippen LogP contribution >= 0.6 is 0 Å². The summed E-state index contributed by atoms with van der Waals surface area (Å²) in [6.07, 6.45) is 0.940. The second-order valence-electron chi connectivity index (χ2n) is 6.13. The third kappa shape index (κ3) is 4.10. The van der Waals surface area contributed by atoms with Crippen molar-refractivity contribution in [2.24, 2.45) is 0 Å². The molecule has 0 aliphatic carbocycles. The highest BCUT2D eigenvalue weighted by Crippen LogP contribution is 2.21. The van der Waals surface area contributed by atoms with E-state index in [9.17, 15) is 9.59 Å². The fraction of sp³-hybridized carbons (Fsp3) is 0.400. The second kappa shape index (κ2) is 8.01. The molecule has 1 aromatic heterocycles. The molecule has 1 heterocycles. The maximum Gasteiger partial charge on any atom is 0.340 e. The van der Waals surface area contributed by atoms with Crippen molar-refractivity contribution in [2.75, 3.05) is 11.9 Å².